The number of amides is 1. The number of nitrogens with two attached hydrogens (primary N) is 1. The molecular weight excluding hydrogens is 402 g/mol. The van der Waals surface area contributed by atoms with Gasteiger partial charge in [-0.2, -0.15) is 0 Å². The zero-order valence-corrected chi connectivity index (χ0v) is 17.9. The van der Waals surface area contributed by atoms with E-state index in [1.807, 2.05) is 0 Å². The Labute approximate surface area is 182 Å². The van der Waals surface area contributed by atoms with Gasteiger partial charge in [-0.25, -0.2) is 0 Å². The largest absolute Gasteiger partial charge is 0.465 e. The van der Waals surface area contributed by atoms with Crippen LogP contribution in [0.4, 0.5) is 0 Å². The number of ether oxygens (including phenoxy) is 1. The van der Waals surface area contributed by atoms with Crippen molar-refractivity contribution in [3.8, 4) is 0 Å². The standard InChI is InChI=1S/C22H33N3O6/c1-2-31-20(29)22(10-4-11-22)19(28)25-17(5-3-12-24-21(23)30)18(27)13-15-6-8-16(14-26)9-7-15/h6-9,17,21,24,26,30H,2-5,10-14,23H2,1H3,(H,25,28)/t17-,21?/m0/s1. The Balaban J connectivity index is 2.08. The maximum absolute atomic E-state index is 13.0. The summed E-state index contributed by atoms with van der Waals surface area (Å²) in [7, 11) is 0. The molecule has 172 valence electrons. The SMILES string of the molecule is CCOC(=O)C1(C(=O)N[C@@H](CCCNC(N)O)C(=O)Cc2ccc(CO)cc2)CCC1. The predicted octanol–water partition coefficient (Wildman–Crippen LogP) is 0.113. The molecule has 2 atom stereocenters. The number of carbonyl (C=O) groups is 3. The molecule has 1 saturated carbocycles. The summed E-state index contributed by atoms with van der Waals surface area (Å²) in [6, 6.07) is 6.23. The molecule has 1 aromatic rings. The van der Waals surface area contributed by atoms with Gasteiger partial charge < -0.3 is 20.3 Å². The number of hydrogen-bond donors (Lipinski definition) is 5. The number of Topliss-reactive ketones (excluding diaryl/α,β-unsaturated/α-hetero) is 1. The molecule has 6 N–H and O–H groups in total. The highest BCUT2D eigenvalue weighted by molar-refractivity contribution is 6.05. The lowest BCUT2D eigenvalue weighted by Gasteiger charge is -2.38. The monoisotopic (exact) mass is 435 g/mol. The third-order valence-electron chi connectivity index (χ3n) is 5.61. The van der Waals surface area contributed by atoms with Gasteiger partial charge in [0.2, 0.25) is 5.91 Å². The normalized spacial score (nSPS) is 16.6. The van der Waals surface area contributed by atoms with Crippen molar-refractivity contribution in [1.29, 1.82) is 0 Å². The number of nitrogens with one attached hydrogen (secondary N) is 2. The molecular formula is C22H33N3O6. The lowest BCUT2D eigenvalue weighted by molar-refractivity contribution is -0.167. The van der Waals surface area contributed by atoms with Crippen LogP contribution >= 0.6 is 0 Å². The average molecular weight is 436 g/mol. The highest BCUT2D eigenvalue weighted by Crippen LogP contribution is 2.42. The molecule has 1 aromatic carbocycles. The molecule has 2 rings (SSSR count). The van der Waals surface area contributed by atoms with Gasteiger partial charge in [-0.1, -0.05) is 30.7 Å². The van der Waals surface area contributed by atoms with E-state index < -0.39 is 29.7 Å². The summed E-state index contributed by atoms with van der Waals surface area (Å²) < 4.78 is 5.10. The van der Waals surface area contributed by atoms with E-state index in [0.29, 0.717) is 32.2 Å². The molecule has 0 aromatic heterocycles. The second kappa shape index (κ2) is 11.9. The summed E-state index contributed by atoms with van der Waals surface area (Å²) in [5, 5.41) is 23.7. The molecule has 1 unspecified atom stereocenters. The first-order valence-corrected chi connectivity index (χ1v) is 10.7. The Hall–Kier alpha value is -2.33. The van der Waals surface area contributed by atoms with Crippen molar-refractivity contribution in [3.63, 3.8) is 0 Å². The number of aliphatic hydroxyl groups excluding tert-OH is 2. The van der Waals surface area contributed by atoms with E-state index in [1.165, 1.54) is 0 Å². The van der Waals surface area contributed by atoms with Crippen LogP contribution in [-0.4, -0.2) is 53.4 Å². The first kappa shape index (κ1) is 24.9. The molecule has 0 heterocycles. The van der Waals surface area contributed by atoms with Crippen LogP contribution in [0.3, 0.4) is 0 Å². The number of carbonyl (C=O) groups excluding carboxylic acids is 3. The van der Waals surface area contributed by atoms with Gasteiger partial charge in [0.05, 0.1) is 19.3 Å². The van der Waals surface area contributed by atoms with E-state index in [4.69, 9.17) is 20.7 Å². The summed E-state index contributed by atoms with van der Waals surface area (Å²) >= 11 is 0. The molecule has 9 heteroatoms. The molecule has 31 heavy (non-hydrogen) atoms. The first-order chi connectivity index (χ1) is 14.8. The van der Waals surface area contributed by atoms with E-state index in [9.17, 15) is 14.4 Å². The molecule has 1 aliphatic carbocycles. The Morgan fingerprint density at radius 1 is 1.19 bits per heavy atom. The Bertz CT molecular complexity index is 746. The zero-order valence-electron chi connectivity index (χ0n) is 17.9. The number of ketones is 1. The molecule has 0 spiro atoms. The molecule has 1 fully saturated rings. The van der Waals surface area contributed by atoms with Crippen LogP contribution in [0.1, 0.15) is 50.2 Å². The van der Waals surface area contributed by atoms with Crippen molar-refractivity contribution in [1.82, 2.24) is 10.6 Å². The van der Waals surface area contributed by atoms with Crippen LogP contribution in [0.5, 0.6) is 0 Å². The Kier molecular flexibility index (Phi) is 9.57. The number of esters is 1. The highest BCUT2D eigenvalue weighted by Gasteiger charge is 2.52. The Morgan fingerprint density at radius 3 is 2.35 bits per heavy atom. The number of aliphatic hydroxyl groups is 2. The van der Waals surface area contributed by atoms with Gasteiger partial charge in [-0.05, 0) is 50.3 Å². The van der Waals surface area contributed by atoms with Gasteiger partial charge in [0.25, 0.3) is 0 Å². The smallest absolute Gasteiger partial charge is 0.321 e. The number of rotatable bonds is 13. The van der Waals surface area contributed by atoms with Crippen molar-refractivity contribution < 1.29 is 29.3 Å². The predicted molar refractivity (Wildman–Crippen MR) is 113 cm³/mol. The van der Waals surface area contributed by atoms with Crippen LogP contribution in [0.15, 0.2) is 24.3 Å². The summed E-state index contributed by atoms with van der Waals surface area (Å²) in [4.78, 5) is 38.4. The van der Waals surface area contributed by atoms with E-state index >= 15 is 0 Å². The van der Waals surface area contributed by atoms with E-state index in [0.717, 1.165) is 17.5 Å². The fourth-order valence-corrected chi connectivity index (χ4v) is 3.58. The van der Waals surface area contributed by atoms with Gasteiger partial charge in [-0.3, -0.25) is 25.4 Å². The number of benzene rings is 1. The van der Waals surface area contributed by atoms with Crippen LogP contribution in [0.25, 0.3) is 0 Å². The lowest BCUT2D eigenvalue weighted by Crippen LogP contribution is -2.55. The molecule has 1 amide bonds. The quantitative estimate of drug-likeness (QED) is 0.127. The van der Waals surface area contributed by atoms with Crippen LogP contribution < -0.4 is 16.4 Å². The molecule has 1 aliphatic rings. The topological polar surface area (TPSA) is 151 Å². The maximum atomic E-state index is 13.0. The average Bonchev–Trinajstić information content (AvgIpc) is 2.70. The fourth-order valence-electron chi connectivity index (χ4n) is 3.58. The fraction of sp³-hybridized carbons (Fsp3) is 0.591. The third kappa shape index (κ3) is 6.83. The summed E-state index contributed by atoms with van der Waals surface area (Å²) in [5.74, 6) is -1.20. The second-order valence-electron chi connectivity index (χ2n) is 7.84. The van der Waals surface area contributed by atoms with Gasteiger partial charge in [0.15, 0.2) is 12.1 Å². The summed E-state index contributed by atoms with van der Waals surface area (Å²) in [6.07, 6.45) is 1.33. The minimum atomic E-state index is -1.22. The van der Waals surface area contributed by atoms with Gasteiger partial charge in [0.1, 0.15) is 5.41 Å². The van der Waals surface area contributed by atoms with E-state index in [2.05, 4.69) is 10.6 Å². The second-order valence-corrected chi connectivity index (χ2v) is 7.84. The molecule has 0 aliphatic heterocycles. The van der Waals surface area contributed by atoms with Crippen molar-refractivity contribution >= 4 is 17.7 Å². The van der Waals surface area contributed by atoms with E-state index in [-0.39, 0.29) is 25.4 Å². The molecule has 0 bridgehead atoms. The number of hydrogen-bond acceptors (Lipinski definition) is 8. The van der Waals surface area contributed by atoms with Crippen molar-refractivity contribution in [3.05, 3.63) is 35.4 Å². The third-order valence-corrected chi connectivity index (χ3v) is 5.61. The van der Waals surface area contributed by atoms with Gasteiger partial charge in [-0.15, -0.1) is 0 Å². The lowest BCUT2D eigenvalue weighted by atomic mass is 9.68. The maximum Gasteiger partial charge on any atom is 0.321 e. The summed E-state index contributed by atoms with van der Waals surface area (Å²) in [5.41, 5.74) is 5.55. The van der Waals surface area contributed by atoms with Gasteiger partial charge >= 0.3 is 5.97 Å². The van der Waals surface area contributed by atoms with E-state index in [1.54, 1.807) is 31.2 Å². The summed E-state index contributed by atoms with van der Waals surface area (Å²) in [6.45, 7) is 2.16. The molecule has 0 radical (unpaired) electrons. The highest BCUT2D eigenvalue weighted by atomic mass is 16.5. The van der Waals surface area contributed by atoms with Crippen molar-refractivity contribution in [2.45, 2.75) is 64.4 Å². The zero-order chi connectivity index (χ0) is 22.9. The van der Waals surface area contributed by atoms with Crippen LogP contribution in [0, 0.1) is 5.41 Å². The minimum absolute atomic E-state index is 0.0805. The van der Waals surface area contributed by atoms with Crippen LogP contribution in [-0.2, 0) is 32.1 Å². The molecule has 9 nitrogen and oxygen atoms in total. The minimum Gasteiger partial charge on any atom is -0.465 e. The first-order valence-electron chi connectivity index (χ1n) is 10.7. The Morgan fingerprint density at radius 2 is 1.84 bits per heavy atom. The molecule has 0 saturated heterocycles. The van der Waals surface area contributed by atoms with Crippen molar-refractivity contribution in [2.75, 3.05) is 13.2 Å². The van der Waals surface area contributed by atoms with Gasteiger partial charge in [0, 0.05) is 6.42 Å². The van der Waals surface area contributed by atoms with Crippen molar-refractivity contribution in [2.24, 2.45) is 11.1 Å². The van der Waals surface area contributed by atoms with Crippen LogP contribution in [0.2, 0.25) is 0 Å².